The number of fused-ring (bicyclic) bond motifs is 1. The highest BCUT2D eigenvalue weighted by molar-refractivity contribution is 7.99. The van der Waals surface area contributed by atoms with Crippen LogP contribution in [0.5, 0.6) is 0 Å². The van der Waals surface area contributed by atoms with Gasteiger partial charge >= 0.3 is 0 Å². The highest BCUT2D eigenvalue weighted by Gasteiger charge is 2.23. The van der Waals surface area contributed by atoms with E-state index in [-0.39, 0.29) is 0 Å². The van der Waals surface area contributed by atoms with Gasteiger partial charge in [-0.05, 0) is 55.2 Å². The van der Waals surface area contributed by atoms with Gasteiger partial charge in [0, 0.05) is 17.8 Å². The number of benzene rings is 1. The summed E-state index contributed by atoms with van der Waals surface area (Å²) in [7, 11) is 0. The second kappa shape index (κ2) is 5.13. The molecule has 5 heteroatoms. The minimum Gasteiger partial charge on any atom is -0.385 e. The molecule has 1 N–H and O–H groups in total. The van der Waals surface area contributed by atoms with Gasteiger partial charge in [-0.15, -0.1) is 0 Å². The van der Waals surface area contributed by atoms with Crippen molar-refractivity contribution >= 4 is 17.4 Å². The Balaban J connectivity index is 1.63. The van der Waals surface area contributed by atoms with E-state index in [1.807, 2.05) is 11.8 Å². The van der Waals surface area contributed by atoms with Gasteiger partial charge in [0.25, 0.3) is 5.89 Å². The Hall–Kier alpha value is -1.49. The zero-order chi connectivity index (χ0) is 13.4. The molecule has 4 nitrogen and oxygen atoms in total. The molecule has 0 saturated carbocycles. The summed E-state index contributed by atoms with van der Waals surface area (Å²) in [5, 5.41) is 8.01. The fourth-order valence-corrected chi connectivity index (χ4v) is 4.07. The molecule has 1 atom stereocenters. The fourth-order valence-electron chi connectivity index (χ4n) is 2.87. The molecule has 0 spiro atoms. The zero-order valence-electron chi connectivity index (χ0n) is 11.3. The molecule has 3 heterocycles. The summed E-state index contributed by atoms with van der Waals surface area (Å²) in [5.41, 5.74) is 3.63. The van der Waals surface area contributed by atoms with E-state index in [0.717, 1.165) is 30.8 Å². The maximum absolute atomic E-state index is 5.46. The number of aryl methyl sites for hydroxylation is 1. The topological polar surface area (TPSA) is 51.0 Å². The third-order valence-electron chi connectivity index (χ3n) is 3.95. The van der Waals surface area contributed by atoms with Gasteiger partial charge in [-0.2, -0.15) is 16.7 Å². The number of aromatic nitrogens is 2. The SMILES string of the molecule is c1cc2c(cc1-c1nc(C3CCCS3)no1)CCCN2. The van der Waals surface area contributed by atoms with E-state index in [2.05, 4.69) is 33.7 Å². The van der Waals surface area contributed by atoms with Gasteiger partial charge < -0.3 is 9.84 Å². The van der Waals surface area contributed by atoms with Gasteiger partial charge in [0.05, 0.1) is 5.25 Å². The van der Waals surface area contributed by atoms with E-state index >= 15 is 0 Å². The van der Waals surface area contributed by atoms with Crippen LogP contribution >= 0.6 is 11.8 Å². The first-order valence-corrected chi connectivity index (χ1v) is 8.27. The van der Waals surface area contributed by atoms with Crippen LogP contribution in [0, 0.1) is 0 Å². The van der Waals surface area contributed by atoms with Crippen molar-refractivity contribution in [3.05, 3.63) is 29.6 Å². The molecular weight excluding hydrogens is 270 g/mol. The third kappa shape index (κ3) is 2.20. The maximum Gasteiger partial charge on any atom is 0.257 e. The molecule has 2 aliphatic heterocycles. The van der Waals surface area contributed by atoms with Crippen LogP contribution in [0.1, 0.15) is 35.9 Å². The normalized spacial score (nSPS) is 21.5. The summed E-state index contributed by atoms with van der Waals surface area (Å²) in [6.07, 6.45) is 4.72. The van der Waals surface area contributed by atoms with Gasteiger partial charge in [-0.3, -0.25) is 0 Å². The monoisotopic (exact) mass is 287 g/mol. The largest absolute Gasteiger partial charge is 0.385 e. The Bertz CT molecular complexity index is 619. The molecule has 1 aromatic carbocycles. The number of rotatable bonds is 2. The molecule has 1 aromatic heterocycles. The lowest BCUT2D eigenvalue weighted by molar-refractivity contribution is 0.421. The molecule has 0 bridgehead atoms. The van der Waals surface area contributed by atoms with Gasteiger partial charge in [-0.1, -0.05) is 5.16 Å². The summed E-state index contributed by atoms with van der Waals surface area (Å²) in [6.45, 7) is 1.07. The van der Waals surface area contributed by atoms with Crippen molar-refractivity contribution in [2.45, 2.75) is 30.9 Å². The second-order valence-corrected chi connectivity index (χ2v) is 6.67. The summed E-state index contributed by atoms with van der Waals surface area (Å²) < 4.78 is 5.46. The number of hydrogen-bond donors (Lipinski definition) is 1. The predicted molar refractivity (Wildman–Crippen MR) is 81.0 cm³/mol. The van der Waals surface area contributed by atoms with Crippen LogP contribution in [0.3, 0.4) is 0 Å². The van der Waals surface area contributed by atoms with E-state index in [1.54, 1.807) is 0 Å². The number of anilines is 1. The molecule has 2 aliphatic rings. The zero-order valence-corrected chi connectivity index (χ0v) is 12.1. The van der Waals surface area contributed by atoms with Crippen molar-refractivity contribution in [1.29, 1.82) is 0 Å². The van der Waals surface area contributed by atoms with Crippen LogP contribution in [0.15, 0.2) is 22.7 Å². The molecule has 2 aromatic rings. The lowest BCUT2D eigenvalue weighted by atomic mass is 10.0. The average molecular weight is 287 g/mol. The minimum absolute atomic E-state index is 0.423. The van der Waals surface area contributed by atoms with Crippen LogP contribution in [0.2, 0.25) is 0 Å². The fraction of sp³-hybridized carbons (Fsp3) is 0.467. The van der Waals surface area contributed by atoms with Crippen molar-refractivity contribution in [3.8, 4) is 11.5 Å². The lowest BCUT2D eigenvalue weighted by Gasteiger charge is -2.17. The van der Waals surface area contributed by atoms with Crippen LogP contribution in [0.4, 0.5) is 5.69 Å². The number of nitrogens with one attached hydrogen (secondary N) is 1. The quantitative estimate of drug-likeness (QED) is 0.913. The van der Waals surface area contributed by atoms with Crippen LogP contribution in [0.25, 0.3) is 11.5 Å². The highest BCUT2D eigenvalue weighted by Crippen LogP contribution is 2.39. The van der Waals surface area contributed by atoms with Crippen molar-refractivity contribution in [1.82, 2.24) is 10.1 Å². The maximum atomic E-state index is 5.46. The smallest absolute Gasteiger partial charge is 0.257 e. The van der Waals surface area contributed by atoms with Crippen LogP contribution in [-0.4, -0.2) is 22.4 Å². The minimum atomic E-state index is 0.423. The summed E-state index contributed by atoms with van der Waals surface area (Å²) in [5.74, 6) is 2.72. The molecule has 0 amide bonds. The second-order valence-electron chi connectivity index (χ2n) is 5.36. The predicted octanol–water partition coefficient (Wildman–Crippen LogP) is 3.66. The Morgan fingerprint density at radius 2 is 2.30 bits per heavy atom. The Labute approximate surface area is 122 Å². The number of hydrogen-bond acceptors (Lipinski definition) is 5. The molecule has 1 saturated heterocycles. The van der Waals surface area contributed by atoms with Crippen molar-refractivity contribution in [2.75, 3.05) is 17.6 Å². The van der Waals surface area contributed by atoms with Gasteiger partial charge in [0.15, 0.2) is 5.82 Å². The Morgan fingerprint density at radius 3 is 3.20 bits per heavy atom. The first-order chi connectivity index (χ1) is 9.90. The molecule has 1 fully saturated rings. The molecule has 0 aliphatic carbocycles. The van der Waals surface area contributed by atoms with Crippen LogP contribution < -0.4 is 5.32 Å². The first kappa shape index (κ1) is 12.3. The molecule has 20 heavy (non-hydrogen) atoms. The molecule has 4 rings (SSSR count). The number of thioether (sulfide) groups is 1. The van der Waals surface area contributed by atoms with E-state index in [0.29, 0.717) is 11.1 Å². The van der Waals surface area contributed by atoms with Gasteiger partial charge in [-0.25, -0.2) is 0 Å². The van der Waals surface area contributed by atoms with E-state index < -0.39 is 0 Å². The molecule has 1 unspecified atom stereocenters. The summed E-state index contributed by atoms with van der Waals surface area (Å²) >= 11 is 1.93. The first-order valence-electron chi connectivity index (χ1n) is 7.22. The van der Waals surface area contributed by atoms with E-state index in [4.69, 9.17) is 4.52 Å². The molecule has 0 radical (unpaired) electrons. The third-order valence-corrected chi connectivity index (χ3v) is 5.32. The van der Waals surface area contributed by atoms with Crippen LogP contribution in [-0.2, 0) is 6.42 Å². The van der Waals surface area contributed by atoms with Crippen molar-refractivity contribution < 1.29 is 4.52 Å². The van der Waals surface area contributed by atoms with Gasteiger partial charge in [0.1, 0.15) is 0 Å². The van der Waals surface area contributed by atoms with Crippen molar-refractivity contribution in [3.63, 3.8) is 0 Å². The molecular formula is C15H17N3OS. The Kier molecular flexibility index (Phi) is 3.14. The standard InChI is InChI=1S/C15H17N3OS/c1-3-10-9-11(5-6-12(10)16-7-1)15-17-14(18-19-15)13-4-2-8-20-13/h5-6,9,13,16H,1-4,7-8H2. The molecule has 104 valence electrons. The summed E-state index contributed by atoms with van der Waals surface area (Å²) in [6, 6.07) is 6.37. The lowest BCUT2D eigenvalue weighted by Crippen LogP contribution is -2.11. The van der Waals surface area contributed by atoms with Crippen molar-refractivity contribution in [2.24, 2.45) is 0 Å². The average Bonchev–Trinajstić information content (AvgIpc) is 3.17. The summed E-state index contributed by atoms with van der Waals surface area (Å²) in [4.78, 5) is 4.59. The van der Waals surface area contributed by atoms with Gasteiger partial charge in [0.2, 0.25) is 0 Å². The van der Waals surface area contributed by atoms with E-state index in [9.17, 15) is 0 Å². The Morgan fingerprint density at radius 1 is 1.30 bits per heavy atom. The number of nitrogens with zero attached hydrogens (tertiary/aromatic N) is 2. The highest BCUT2D eigenvalue weighted by atomic mass is 32.2. The van der Waals surface area contributed by atoms with E-state index in [1.165, 1.54) is 29.8 Å².